The van der Waals surface area contributed by atoms with Gasteiger partial charge in [0.2, 0.25) is 0 Å². The summed E-state index contributed by atoms with van der Waals surface area (Å²) in [6, 6.07) is 10.4. The third kappa shape index (κ3) is 7.35. The minimum atomic E-state index is -0.810. The molecule has 8 heteroatoms. The zero-order chi connectivity index (χ0) is 22.9. The Bertz CT molecular complexity index is 892. The van der Waals surface area contributed by atoms with Crippen LogP contribution in [0.25, 0.3) is 10.1 Å². The van der Waals surface area contributed by atoms with Crippen molar-refractivity contribution in [3.05, 3.63) is 47.4 Å². The van der Waals surface area contributed by atoms with Gasteiger partial charge < -0.3 is 15.3 Å². The van der Waals surface area contributed by atoms with E-state index in [1.165, 1.54) is 26.7 Å². The number of carbonyl (C=O) groups is 2. The number of hydrogen-bond donors (Lipinski definition) is 3. The standard InChI is InChI=1S/C24H30O5S3/c25-14-17-13-21(27)24(31-11-3-10-30-15-23(28)29)20(17)9-7-18(26)6-8-19-12-16-4-1-2-5-22(16)32-19/h1-2,4-5,7,9,12,17-18,20,24-26H,3,6,8,10-11,13-15H2,(H,28,29)/b9-7+/t17-,18-,20-,24+/m0/s1. The van der Waals surface area contributed by atoms with Crippen molar-refractivity contribution in [1.82, 2.24) is 0 Å². The van der Waals surface area contributed by atoms with Crippen molar-refractivity contribution in [2.45, 2.75) is 37.0 Å². The van der Waals surface area contributed by atoms with Gasteiger partial charge in [-0.15, -0.1) is 23.1 Å². The fourth-order valence-electron chi connectivity index (χ4n) is 3.95. The molecule has 1 aliphatic rings. The Balaban J connectivity index is 1.49. The number of fused-ring (bicyclic) bond motifs is 1. The van der Waals surface area contributed by atoms with E-state index in [2.05, 4.69) is 18.2 Å². The number of hydrogen-bond acceptors (Lipinski definition) is 7. The van der Waals surface area contributed by atoms with E-state index >= 15 is 0 Å². The number of rotatable bonds is 13. The number of aliphatic hydroxyl groups excluding tert-OH is 2. The lowest BCUT2D eigenvalue weighted by Gasteiger charge is -2.19. The highest BCUT2D eigenvalue weighted by Crippen LogP contribution is 2.38. The molecule has 1 saturated carbocycles. The number of thiophene rings is 1. The highest BCUT2D eigenvalue weighted by atomic mass is 32.2. The molecule has 3 N–H and O–H groups in total. The third-order valence-corrected chi connectivity index (χ3v) is 9.25. The van der Waals surface area contributed by atoms with Crippen LogP contribution in [0.2, 0.25) is 0 Å². The molecule has 0 unspecified atom stereocenters. The molecule has 0 aliphatic heterocycles. The second-order valence-electron chi connectivity index (χ2n) is 8.02. The SMILES string of the molecule is O=C(O)CSCCCS[C@H]1C(=O)C[C@@H](CO)[C@@H]1/C=C/[C@@H](O)CCc1cc2ccccc2s1. The van der Waals surface area contributed by atoms with Gasteiger partial charge in [-0.25, -0.2) is 0 Å². The fourth-order valence-corrected chi connectivity index (χ4v) is 7.27. The topological polar surface area (TPSA) is 94.8 Å². The molecular weight excluding hydrogens is 464 g/mol. The number of Topliss-reactive ketones (excluding diaryl/α,β-unsaturated/α-hetero) is 1. The summed E-state index contributed by atoms with van der Waals surface area (Å²) in [4.78, 5) is 24.3. The molecule has 5 nitrogen and oxygen atoms in total. The van der Waals surface area contributed by atoms with E-state index in [0.29, 0.717) is 12.8 Å². The molecule has 32 heavy (non-hydrogen) atoms. The van der Waals surface area contributed by atoms with E-state index in [-0.39, 0.29) is 35.2 Å². The summed E-state index contributed by atoms with van der Waals surface area (Å²) in [6.45, 7) is -0.0375. The van der Waals surface area contributed by atoms with E-state index in [9.17, 15) is 19.8 Å². The van der Waals surface area contributed by atoms with Gasteiger partial charge in [-0.1, -0.05) is 30.4 Å². The van der Waals surface area contributed by atoms with Crippen molar-refractivity contribution in [3.8, 4) is 0 Å². The quantitative estimate of drug-likeness (QED) is 0.283. The van der Waals surface area contributed by atoms with Gasteiger partial charge in [-0.05, 0) is 54.2 Å². The molecule has 4 atom stereocenters. The molecule has 1 heterocycles. The maximum absolute atomic E-state index is 12.5. The van der Waals surface area contributed by atoms with Gasteiger partial charge in [0.15, 0.2) is 0 Å². The molecule has 0 amide bonds. The Labute approximate surface area is 201 Å². The molecule has 0 spiro atoms. The zero-order valence-electron chi connectivity index (χ0n) is 17.9. The first-order valence-electron chi connectivity index (χ1n) is 10.9. The van der Waals surface area contributed by atoms with E-state index in [1.807, 2.05) is 18.2 Å². The number of ketones is 1. The molecule has 1 aliphatic carbocycles. The Morgan fingerprint density at radius 2 is 2.09 bits per heavy atom. The number of carboxylic acids is 1. The normalized spacial score (nSPS) is 22.2. The summed E-state index contributed by atoms with van der Waals surface area (Å²) in [5, 5.41) is 29.9. The first kappa shape index (κ1) is 25.3. The number of benzene rings is 1. The summed E-state index contributed by atoms with van der Waals surface area (Å²) in [5.74, 6) is 0.790. The number of aliphatic carboxylic acids is 1. The minimum absolute atomic E-state index is 0.0375. The maximum atomic E-state index is 12.5. The van der Waals surface area contributed by atoms with Crippen molar-refractivity contribution < 1.29 is 24.9 Å². The molecule has 0 radical (unpaired) electrons. The number of carbonyl (C=O) groups excluding carboxylic acids is 1. The molecule has 174 valence electrons. The fraction of sp³-hybridized carbons (Fsp3) is 0.500. The van der Waals surface area contributed by atoms with Gasteiger partial charge in [0.25, 0.3) is 0 Å². The molecule has 3 rings (SSSR count). The van der Waals surface area contributed by atoms with Crippen LogP contribution >= 0.6 is 34.9 Å². The van der Waals surface area contributed by atoms with Gasteiger partial charge in [-0.2, -0.15) is 11.8 Å². The predicted molar refractivity (Wildman–Crippen MR) is 135 cm³/mol. The van der Waals surface area contributed by atoms with Crippen LogP contribution in [0.15, 0.2) is 42.5 Å². The lowest BCUT2D eigenvalue weighted by atomic mass is 9.95. The lowest BCUT2D eigenvalue weighted by molar-refractivity contribution is -0.133. The first-order chi connectivity index (χ1) is 15.5. The molecule has 1 aromatic carbocycles. The van der Waals surface area contributed by atoms with Crippen molar-refractivity contribution in [2.24, 2.45) is 11.8 Å². The van der Waals surface area contributed by atoms with Gasteiger partial charge >= 0.3 is 5.97 Å². The number of aryl methyl sites for hydroxylation is 1. The van der Waals surface area contributed by atoms with Gasteiger partial charge in [0, 0.05) is 28.5 Å². The summed E-state index contributed by atoms with van der Waals surface area (Å²) in [7, 11) is 0. The van der Waals surface area contributed by atoms with Crippen molar-refractivity contribution in [1.29, 1.82) is 0 Å². The predicted octanol–water partition coefficient (Wildman–Crippen LogP) is 4.26. The Morgan fingerprint density at radius 3 is 2.84 bits per heavy atom. The van der Waals surface area contributed by atoms with Crippen molar-refractivity contribution in [3.63, 3.8) is 0 Å². The summed E-state index contributed by atoms with van der Waals surface area (Å²) >= 11 is 4.73. The zero-order valence-corrected chi connectivity index (χ0v) is 20.3. The van der Waals surface area contributed by atoms with Crippen LogP contribution in [-0.4, -0.2) is 62.3 Å². The smallest absolute Gasteiger partial charge is 0.313 e. The van der Waals surface area contributed by atoms with Crippen molar-refractivity contribution >= 4 is 56.7 Å². The van der Waals surface area contributed by atoms with Crippen LogP contribution in [-0.2, 0) is 16.0 Å². The van der Waals surface area contributed by atoms with Crippen LogP contribution in [0.5, 0.6) is 0 Å². The molecule has 1 aromatic heterocycles. The van der Waals surface area contributed by atoms with Crippen LogP contribution in [0.1, 0.15) is 24.1 Å². The van der Waals surface area contributed by atoms with Gasteiger partial charge in [0.05, 0.1) is 17.1 Å². The summed E-state index contributed by atoms with van der Waals surface area (Å²) in [5.41, 5.74) is 0. The van der Waals surface area contributed by atoms with Crippen LogP contribution in [0.4, 0.5) is 0 Å². The van der Waals surface area contributed by atoms with Crippen LogP contribution in [0.3, 0.4) is 0 Å². The van der Waals surface area contributed by atoms with E-state index < -0.39 is 12.1 Å². The van der Waals surface area contributed by atoms with E-state index in [0.717, 1.165) is 24.3 Å². The van der Waals surface area contributed by atoms with Crippen LogP contribution in [0, 0.1) is 11.8 Å². The Kier molecular flexibility index (Phi) is 10.1. The second kappa shape index (κ2) is 12.8. The molecular formula is C24H30O5S3. The number of allylic oxidation sites excluding steroid dienone is 1. The average Bonchev–Trinajstić information content (AvgIpc) is 3.33. The average molecular weight is 495 g/mol. The monoisotopic (exact) mass is 494 g/mol. The molecule has 0 bridgehead atoms. The number of thioether (sulfide) groups is 2. The molecule has 2 aromatic rings. The molecule has 0 saturated heterocycles. The highest BCUT2D eigenvalue weighted by Gasteiger charge is 2.40. The largest absolute Gasteiger partial charge is 0.481 e. The Morgan fingerprint density at radius 1 is 1.28 bits per heavy atom. The van der Waals surface area contributed by atoms with Gasteiger partial charge in [0.1, 0.15) is 5.78 Å². The Hall–Kier alpha value is -1.32. The van der Waals surface area contributed by atoms with E-state index in [1.54, 1.807) is 29.2 Å². The van der Waals surface area contributed by atoms with Gasteiger partial charge in [-0.3, -0.25) is 9.59 Å². The first-order valence-corrected chi connectivity index (χ1v) is 13.9. The summed E-state index contributed by atoms with van der Waals surface area (Å²) in [6.07, 6.45) is 5.75. The van der Waals surface area contributed by atoms with Crippen molar-refractivity contribution in [2.75, 3.05) is 23.9 Å². The summed E-state index contributed by atoms with van der Waals surface area (Å²) < 4.78 is 1.25. The lowest BCUT2D eigenvalue weighted by Crippen LogP contribution is -2.21. The highest BCUT2D eigenvalue weighted by molar-refractivity contribution is 8.01. The third-order valence-electron chi connectivity index (χ3n) is 5.58. The van der Waals surface area contributed by atoms with Crippen LogP contribution < -0.4 is 0 Å². The maximum Gasteiger partial charge on any atom is 0.313 e. The molecule has 1 fully saturated rings. The second-order valence-corrected chi connectivity index (χ2v) is 11.5. The minimum Gasteiger partial charge on any atom is -0.481 e. The number of aliphatic hydroxyl groups is 2. The number of carboxylic acid groups (broad SMARTS) is 1. The van der Waals surface area contributed by atoms with E-state index in [4.69, 9.17) is 5.11 Å².